The molecular formula is C6H15O3P. The predicted octanol–water partition coefficient (Wildman–Crippen LogP) is 2.01. The number of unbranched alkanes of at least 4 members (excludes halogenated alkanes) is 1. The van der Waals surface area contributed by atoms with Crippen molar-refractivity contribution in [3.63, 3.8) is 0 Å². The molecule has 1 N–H and O–H groups in total. The molecule has 1 unspecified atom stereocenters. The standard InChI is InChI=1S/C6H15O3P/c1-3-5-6-9-10(7,8)4-2/h3-6H2,1-2H3,(H,7,8). The number of hydrogen-bond acceptors (Lipinski definition) is 2. The molecule has 4 heteroatoms. The summed E-state index contributed by atoms with van der Waals surface area (Å²) in [6.07, 6.45) is 2.05. The summed E-state index contributed by atoms with van der Waals surface area (Å²) in [5.74, 6) is 0. The lowest BCUT2D eigenvalue weighted by Gasteiger charge is -2.07. The van der Waals surface area contributed by atoms with Crippen molar-refractivity contribution < 1.29 is 14.0 Å². The van der Waals surface area contributed by atoms with Crippen LogP contribution in [0, 0.1) is 0 Å². The molecule has 0 aliphatic rings. The van der Waals surface area contributed by atoms with Crippen LogP contribution in [0.1, 0.15) is 26.7 Å². The van der Waals surface area contributed by atoms with Crippen LogP contribution in [-0.4, -0.2) is 17.7 Å². The van der Waals surface area contributed by atoms with E-state index in [4.69, 9.17) is 9.42 Å². The van der Waals surface area contributed by atoms with E-state index in [0.717, 1.165) is 12.8 Å². The molecule has 0 bridgehead atoms. The van der Waals surface area contributed by atoms with E-state index in [-0.39, 0.29) is 6.16 Å². The highest BCUT2D eigenvalue weighted by atomic mass is 31.2. The van der Waals surface area contributed by atoms with Gasteiger partial charge < -0.3 is 9.42 Å². The average Bonchev–Trinajstić information content (AvgIpc) is 1.89. The lowest BCUT2D eigenvalue weighted by atomic mass is 10.4. The van der Waals surface area contributed by atoms with Gasteiger partial charge >= 0.3 is 7.60 Å². The zero-order valence-electron chi connectivity index (χ0n) is 6.54. The Morgan fingerprint density at radius 2 is 2.10 bits per heavy atom. The molecule has 0 radical (unpaired) electrons. The second-order valence-electron chi connectivity index (χ2n) is 2.14. The summed E-state index contributed by atoms with van der Waals surface area (Å²) in [5, 5.41) is 0. The van der Waals surface area contributed by atoms with Gasteiger partial charge in [-0.2, -0.15) is 0 Å². The van der Waals surface area contributed by atoms with Crippen molar-refractivity contribution in [3.8, 4) is 0 Å². The van der Waals surface area contributed by atoms with Crippen molar-refractivity contribution >= 4 is 7.60 Å². The van der Waals surface area contributed by atoms with E-state index in [1.807, 2.05) is 6.92 Å². The maximum atomic E-state index is 10.8. The van der Waals surface area contributed by atoms with E-state index < -0.39 is 7.60 Å². The minimum Gasteiger partial charge on any atom is -0.324 e. The summed E-state index contributed by atoms with van der Waals surface area (Å²) in [6.45, 7) is 4.06. The van der Waals surface area contributed by atoms with Crippen LogP contribution in [0.2, 0.25) is 0 Å². The molecule has 0 amide bonds. The fourth-order valence-corrected chi connectivity index (χ4v) is 1.04. The van der Waals surface area contributed by atoms with Crippen LogP contribution in [0.25, 0.3) is 0 Å². The Balaban J connectivity index is 3.38. The molecule has 3 nitrogen and oxygen atoms in total. The summed E-state index contributed by atoms with van der Waals surface area (Å²) in [6, 6.07) is 0. The van der Waals surface area contributed by atoms with Crippen molar-refractivity contribution in [1.29, 1.82) is 0 Å². The molecule has 10 heavy (non-hydrogen) atoms. The molecule has 0 heterocycles. The molecular weight excluding hydrogens is 151 g/mol. The third-order valence-electron chi connectivity index (χ3n) is 1.19. The molecule has 0 aliphatic heterocycles. The second kappa shape index (κ2) is 4.89. The van der Waals surface area contributed by atoms with Crippen molar-refractivity contribution in [3.05, 3.63) is 0 Å². The molecule has 0 aliphatic carbocycles. The molecule has 0 aromatic carbocycles. The van der Waals surface area contributed by atoms with Gasteiger partial charge in [-0.3, -0.25) is 4.57 Å². The van der Waals surface area contributed by atoms with E-state index >= 15 is 0 Å². The molecule has 0 fully saturated rings. The van der Waals surface area contributed by atoms with Gasteiger partial charge in [0, 0.05) is 6.16 Å². The van der Waals surface area contributed by atoms with Gasteiger partial charge in [0.2, 0.25) is 0 Å². The quantitative estimate of drug-likeness (QED) is 0.502. The molecule has 0 saturated carbocycles. The fraction of sp³-hybridized carbons (Fsp3) is 1.00. The van der Waals surface area contributed by atoms with Gasteiger partial charge in [-0.1, -0.05) is 20.3 Å². The monoisotopic (exact) mass is 166 g/mol. The summed E-state index contributed by atoms with van der Waals surface area (Å²) in [4.78, 5) is 8.88. The third kappa shape index (κ3) is 4.98. The Labute approximate surface area is 61.9 Å². The molecule has 0 aromatic heterocycles. The molecule has 1 atom stereocenters. The van der Waals surface area contributed by atoms with Crippen LogP contribution in [0.5, 0.6) is 0 Å². The Kier molecular flexibility index (Phi) is 4.96. The summed E-state index contributed by atoms with van der Waals surface area (Å²) >= 11 is 0. The minimum atomic E-state index is -3.20. The second-order valence-corrected chi connectivity index (χ2v) is 4.31. The van der Waals surface area contributed by atoms with Crippen molar-refractivity contribution in [2.75, 3.05) is 12.8 Å². The summed E-state index contributed by atoms with van der Waals surface area (Å²) in [5.41, 5.74) is 0. The average molecular weight is 166 g/mol. The Hall–Kier alpha value is 0.150. The van der Waals surface area contributed by atoms with Gasteiger partial charge in [-0.05, 0) is 6.42 Å². The predicted molar refractivity (Wildman–Crippen MR) is 41.2 cm³/mol. The molecule has 0 aromatic rings. The molecule has 0 rings (SSSR count). The van der Waals surface area contributed by atoms with Crippen molar-refractivity contribution in [1.82, 2.24) is 0 Å². The number of hydrogen-bond donors (Lipinski definition) is 1. The van der Waals surface area contributed by atoms with Crippen LogP contribution in [0.3, 0.4) is 0 Å². The Morgan fingerprint density at radius 3 is 2.50 bits per heavy atom. The smallest absolute Gasteiger partial charge is 0.324 e. The zero-order chi connectivity index (χ0) is 8.04. The lowest BCUT2D eigenvalue weighted by molar-refractivity contribution is 0.256. The highest BCUT2D eigenvalue weighted by Gasteiger charge is 2.14. The van der Waals surface area contributed by atoms with Gasteiger partial charge in [0.15, 0.2) is 0 Å². The minimum absolute atomic E-state index is 0.205. The van der Waals surface area contributed by atoms with Crippen LogP contribution in [-0.2, 0) is 9.09 Å². The van der Waals surface area contributed by atoms with E-state index in [0.29, 0.717) is 6.61 Å². The maximum absolute atomic E-state index is 10.8. The van der Waals surface area contributed by atoms with Gasteiger partial charge in [0.25, 0.3) is 0 Å². The van der Waals surface area contributed by atoms with Crippen molar-refractivity contribution in [2.45, 2.75) is 26.7 Å². The first kappa shape index (κ1) is 10.2. The first-order chi connectivity index (χ1) is 4.62. The Morgan fingerprint density at radius 1 is 1.50 bits per heavy atom. The van der Waals surface area contributed by atoms with E-state index in [1.54, 1.807) is 6.92 Å². The first-order valence-electron chi connectivity index (χ1n) is 3.58. The highest BCUT2D eigenvalue weighted by molar-refractivity contribution is 7.52. The van der Waals surface area contributed by atoms with Gasteiger partial charge in [-0.15, -0.1) is 0 Å². The topological polar surface area (TPSA) is 46.5 Å². The Bertz CT molecular complexity index is 124. The summed E-state index contributed by atoms with van der Waals surface area (Å²) in [7, 11) is -3.20. The van der Waals surface area contributed by atoms with Gasteiger partial charge in [0.1, 0.15) is 0 Å². The zero-order valence-corrected chi connectivity index (χ0v) is 7.43. The largest absolute Gasteiger partial charge is 0.327 e. The SMILES string of the molecule is CCCCOP(=O)(O)CC. The van der Waals surface area contributed by atoms with Crippen molar-refractivity contribution in [2.24, 2.45) is 0 Å². The van der Waals surface area contributed by atoms with Gasteiger partial charge in [-0.25, -0.2) is 0 Å². The van der Waals surface area contributed by atoms with E-state index in [1.165, 1.54) is 0 Å². The van der Waals surface area contributed by atoms with E-state index in [9.17, 15) is 4.57 Å². The fourth-order valence-electron chi connectivity index (χ4n) is 0.443. The van der Waals surface area contributed by atoms with Crippen LogP contribution >= 0.6 is 7.60 Å². The van der Waals surface area contributed by atoms with Crippen LogP contribution in [0.4, 0.5) is 0 Å². The van der Waals surface area contributed by atoms with Gasteiger partial charge in [0.05, 0.1) is 6.61 Å². The number of rotatable bonds is 5. The molecule has 0 saturated heterocycles. The molecule has 0 spiro atoms. The summed E-state index contributed by atoms with van der Waals surface area (Å²) < 4.78 is 15.5. The first-order valence-corrected chi connectivity index (χ1v) is 5.35. The van der Waals surface area contributed by atoms with E-state index in [2.05, 4.69) is 0 Å². The normalized spacial score (nSPS) is 16.7. The third-order valence-corrected chi connectivity index (χ3v) is 2.58. The molecule has 62 valence electrons. The highest BCUT2D eigenvalue weighted by Crippen LogP contribution is 2.40. The lowest BCUT2D eigenvalue weighted by Crippen LogP contribution is -1.93. The van der Waals surface area contributed by atoms with Crippen LogP contribution < -0.4 is 0 Å². The maximum Gasteiger partial charge on any atom is 0.327 e. The van der Waals surface area contributed by atoms with Crippen LogP contribution in [0.15, 0.2) is 0 Å².